The van der Waals surface area contributed by atoms with Gasteiger partial charge in [-0.3, -0.25) is 0 Å². The molecule has 0 aliphatic rings. The van der Waals surface area contributed by atoms with E-state index in [1.54, 1.807) is 6.07 Å². The molecule has 0 aliphatic heterocycles. The first-order chi connectivity index (χ1) is 6.81. The van der Waals surface area contributed by atoms with Crippen LogP contribution in [0.15, 0.2) is 23.0 Å². The van der Waals surface area contributed by atoms with Gasteiger partial charge < -0.3 is 9.52 Å². The highest BCUT2D eigenvalue weighted by Gasteiger charge is 2.30. The van der Waals surface area contributed by atoms with Crippen LogP contribution in [0.25, 0.3) is 0 Å². The van der Waals surface area contributed by atoms with Gasteiger partial charge in [0.1, 0.15) is 0 Å². The first kappa shape index (κ1) is 12.1. The second-order valence-corrected chi connectivity index (χ2v) is 3.75. The molecule has 1 atom stereocenters. The van der Waals surface area contributed by atoms with E-state index in [0.29, 0.717) is 5.56 Å². The van der Waals surface area contributed by atoms with E-state index in [-0.39, 0.29) is 12.8 Å². The minimum absolute atomic E-state index is 0.0616. The van der Waals surface area contributed by atoms with Crippen LogP contribution in [-0.2, 0) is 5.60 Å². The van der Waals surface area contributed by atoms with Crippen molar-refractivity contribution in [3.63, 3.8) is 0 Å². The summed E-state index contributed by atoms with van der Waals surface area (Å²) in [5.74, 6) is 0. The van der Waals surface area contributed by atoms with E-state index in [1.807, 2.05) is 0 Å². The molecule has 0 fully saturated rings. The molecular weight excluding hydrogens is 209 g/mol. The van der Waals surface area contributed by atoms with Crippen LogP contribution in [-0.4, -0.2) is 11.3 Å². The van der Waals surface area contributed by atoms with Crippen molar-refractivity contribution in [2.24, 2.45) is 0 Å². The fourth-order valence-corrected chi connectivity index (χ4v) is 1.35. The van der Waals surface area contributed by atoms with E-state index in [0.717, 1.165) is 0 Å². The van der Waals surface area contributed by atoms with Crippen LogP contribution in [0.2, 0.25) is 0 Å². The molecule has 0 saturated heterocycles. The summed E-state index contributed by atoms with van der Waals surface area (Å²) in [5.41, 5.74) is -0.747. The normalized spacial score (nSPS) is 16.3. The van der Waals surface area contributed by atoms with Crippen LogP contribution in [0.3, 0.4) is 0 Å². The van der Waals surface area contributed by atoms with Gasteiger partial charge in [-0.15, -0.1) is 0 Å². The van der Waals surface area contributed by atoms with Crippen molar-refractivity contribution in [3.05, 3.63) is 24.2 Å². The Labute approximate surface area is 85.7 Å². The molecule has 0 amide bonds. The van der Waals surface area contributed by atoms with Gasteiger partial charge in [0.2, 0.25) is 0 Å². The molecule has 1 aromatic rings. The van der Waals surface area contributed by atoms with Crippen LogP contribution in [0.1, 0.15) is 31.7 Å². The molecule has 2 nitrogen and oxygen atoms in total. The number of hydrogen-bond donors (Lipinski definition) is 1. The second-order valence-electron chi connectivity index (χ2n) is 3.75. The van der Waals surface area contributed by atoms with Gasteiger partial charge >= 0.3 is 6.18 Å². The Hall–Kier alpha value is -0.970. The Bertz CT molecular complexity index is 288. The molecule has 1 N–H and O–H groups in total. The van der Waals surface area contributed by atoms with Crippen molar-refractivity contribution in [3.8, 4) is 0 Å². The van der Waals surface area contributed by atoms with E-state index in [1.165, 1.54) is 19.5 Å². The number of rotatable bonds is 4. The average Bonchev–Trinajstić information content (AvgIpc) is 2.52. The Morgan fingerprint density at radius 3 is 2.47 bits per heavy atom. The lowest BCUT2D eigenvalue weighted by Gasteiger charge is -2.21. The van der Waals surface area contributed by atoms with Crippen LogP contribution >= 0.6 is 0 Å². The van der Waals surface area contributed by atoms with Crippen molar-refractivity contribution in [2.45, 2.75) is 38.0 Å². The maximum absolute atomic E-state index is 11.9. The zero-order valence-electron chi connectivity index (χ0n) is 8.34. The van der Waals surface area contributed by atoms with Crippen LogP contribution in [0, 0.1) is 0 Å². The summed E-state index contributed by atoms with van der Waals surface area (Å²) in [5, 5.41) is 9.84. The first-order valence-electron chi connectivity index (χ1n) is 4.63. The smallest absolute Gasteiger partial charge is 0.389 e. The summed E-state index contributed by atoms with van der Waals surface area (Å²) in [6.45, 7) is 1.48. The predicted molar refractivity (Wildman–Crippen MR) is 48.2 cm³/mol. The molecule has 1 unspecified atom stereocenters. The maximum atomic E-state index is 11.9. The van der Waals surface area contributed by atoms with Gasteiger partial charge in [-0.1, -0.05) is 0 Å². The quantitative estimate of drug-likeness (QED) is 0.848. The highest BCUT2D eigenvalue weighted by molar-refractivity contribution is 5.14. The predicted octanol–water partition coefficient (Wildman–Crippen LogP) is 3.22. The van der Waals surface area contributed by atoms with Gasteiger partial charge in [0.05, 0.1) is 18.1 Å². The van der Waals surface area contributed by atoms with Crippen molar-refractivity contribution < 1.29 is 22.7 Å². The third kappa shape index (κ3) is 3.95. The Balaban J connectivity index is 2.44. The molecule has 0 aromatic carbocycles. The Kier molecular flexibility index (Phi) is 3.44. The lowest BCUT2D eigenvalue weighted by molar-refractivity contribution is -0.137. The van der Waals surface area contributed by atoms with Crippen LogP contribution < -0.4 is 0 Å². The summed E-state index contributed by atoms with van der Waals surface area (Å²) in [6.07, 6.45) is -2.34. The summed E-state index contributed by atoms with van der Waals surface area (Å²) in [4.78, 5) is 0. The molecule has 0 saturated carbocycles. The summed E-state index contributed by atoms with van der Waals surface area (Å²) in [6, 6.07) is 1.55. The van der Waals surface area contributed by atoms with E-state index in [2.05, 4.69) is 0 Å². The van der Waals surface area contributed by atoms with Crippen LogP contribution in [0.4, 0.5) is 13.2 Å². The molecular formula is C10H13F3O2. The number of furan rings is 1. The second kappa shape index (κ2) is 4.26. The van der Waals surface area contributed by atoms with Crippen LogP contribution in [0.5, 0.6) is 0 Å². The molecule has 1 heterocycles. The maximum Gasteiger partial charge on any atom is 0.389 e. The molecule has 0 radical (unpaired) electrons. The molecule has 0 spiro atoms. The van der Waals surface area contributed by atoms with Gasteiger partial charge in [-0.25, -0.2) is 0 Å². The molecule has 86 valence electrons. The lowest BCUT2D eigenvalue weighted by Crippen LogP contribution is -2.21. The minimum atomic E-state index is -4.16. The van der Waals surface area contributed by atoms with E-state index in [4.69, 9.17) is 4.42 Å². The molecule has 1 rings (SSSR count). The fraction of sp³-hybridized carbons (Fsp3) is 0.600. The number of alkyl halides is 3. The lowest BCUT2D eigenvalue weighted by atomic mass is 9.93. The molecule has 15 heavy (non-hydrogen) atoms. The first-order valence-corrected chi connectivity index (χ1v) is 4.63. The number of halogens is 3. The van der Waals surface area contributed by atoms with Gasteiger partial charge in [0.25, 0.3) is 0 Å². The van der Waals surface area contributed by atoms with E-state index in [9.17, 15) is 18.3 Å². The number of aliphatic hydroxyl groups is 1. The fourth-order valence-electron chi connectivity index (χ4n) is 1.35. The standard InChI is InChI=1S/C10H13F3O2/c1-9(14,8-3-6-15-7-8)4-2-5-10(11,12)13/h3,6-7,14H,2,4-5H2,1H3. The SMILES string of the molecule is CC(O)(CCCC(F)(F)F)c1ccoc1. The molecule has 5 heteroatoms. The zero-order valence-corrected chi connectivity index (χ0v) is 8.34. The van der Waals surface area contributed by atoms with Gasteiger partial charge in [-0.05, 0) is 25.8 Å². The monoisotopic (exact) mass is 222 g/mol. The third-order valence-electron chi connectivity index (χ3n) is 2.27. The Morgan fingerprint density at radius 2 is 2.00 bits per heavy atom. The molecule has 1 aromatic heterocycles. The molecule has 0 aliphatic carbocycles. The third-order valence-corrected chi connectivity index (χ3v) is 2.27. The summed E-state index contributed by atoms with van der Waals surface area (Å²) < 4.78 is 40.4. The zero-order chi connectivity index (χ0) is 11.5. The summed E-state index contributed by atoms with van der Waals surface area (Å²) >= 11 is 0. The topological polar surface area (TPSA) is 33.4 Å². The highest BCUT2D eigenvalue weighted by Crippen LogP contribution is 2.30. The van der Waals surface area contributed by atoms with Gasteiger partial charge in [0, 0.05) is 12.0 Å². The minimum Gasteiger partial charge on any atom is -0.472 e. The van der Waals surface area contributed by atoms with Crippen molar-refractivity contribution in [1.29, 1.82) is 0 Å². The van der Waals surface area contributed by atoms with Crippen molar-refractivity contribution in [1.82, 2.24) is 0 Å². The van der Waals surface area contributed by atoms with Crippen molar-refractivity contribution in [2.75, 3.05) is 0 Å². The largest absolute Gasteiger partial charge is 0.472 e. The average molecular weight is 222 g/mol. The number of hydrogen-bond acceptors (Lipinski definition) is 2. The molecule has 0 bridgehead atoms. The Morgan fingerprint density at radius 1 is 1.33 bits per heavy atom. The van der Waals surface area contributed by atoms with E-state index < -0.39 is 18.2 Å². The van der Waals surface area contributed by atoms with Crippen molar-refractivity contribution >= 4 is 0 Å². The van der Waals surface area contributed by atoms with Gasteiger partial charge in [0.15, 0.2) is 0 Å². The highest BCUT2D eigenvalue weighted by atomic mass is 19.4. The van der Waals surface area contributed by atoms with E-state index >= 15 is 0 Å². The van der Waals surface area contributed by atoms with Gasteiger partial charge in [-0.2, -0.15) is 13.2 Å². The summed E-state index contributed by atoms with van der Waals surface area (Å²) in [7, 11) is 0.